The van der Waals surface area contributed by atoms with E-state index in [0.29, 0.717) is 62.8 Å². The summed E-state index contributed by atoms with van der Waals surface area (Å²) in [6.07, 6.45) is 4.54. The van der Waals surface area contributed by atoms with Crippen LogP contribution in [0, 0.1) is 0 Å². The third-order valence-electron chi connectivity index (χ3n) is 7.10. The van der Waals surface area contributed by atoms with E-state index in [1.54, 1.807) is 12.1 Å². The maximum Gasteiger partial charge on any atom is 0.243 e. The van der Waals surface area contributed by atoms with E-state index in [1.165, 1.54) is 28.9 Å². The number of rotatable bonds is 7. The number of Topliss-reactive ketones (excluding diaryl/α,β-unsaturated/α-hetero) is 1. The summed E-state index contributed by atoms with van der Waals surface area (Å²) in [5, 5.41) is 4.27. The van der Waals surface area contributed by atoms with Crippen LogP contribution in [0.5, 0.6) is 0 Å². The van der Waals surface area contributed by atoms with E-state index in [-0.39, 0.29) is 10.7 Å². The third-order valence-corrected chi connectivity index (χ3v) is 9.00. The fraction of sp³-hybridized carbons (Fsp3) is 0.370. The van der Waals surface area contributed by atoms with Gasteiger partial charge in [0.25, 0.3) is 0 Å². The Bertz CT molecular complexity index is 1370. The van der Waals surface area contributed by atoms with Gasteiger partial charge in [0.15, 0.2) is 11.6 Å². The lowest BCUT2D eigenvalue weighted by Crippen LogP contribution is -2.46. The zero-order chi connectivity index (χ0) is 25.2. The number of hydrogen-bond donors (Lipinski definition) is 0. The number of sulfonamides is 1. The lowest BCUT2D eigenvalue weighted by Gasteiger charge is -2.39. The molecule has 1 fully saturated rings. The Morgan fingerprint density at radius 2 is 1.86 bits per heavy atom. The minimum absolute atomic E-state index is 0.132. The first-order valence-electron chi connectivity index (χ1n) is 12.1. The molecule has 0 amide bonds. The second-order valence-corrected chi connectivity index (χ2v) is 11.3. The molecule has 2 aromatic carbocycles. The number of piperidine rings is 1. The van der Waals surface area contributed by atoms with Crippen molar-refractivity contribution in [2.24, 2.45) is 0 Å². The van der Waals surface area contributed by atoms with Crippen molar-refractivity contribution in [2.75, 3.05) is 26.3 Å². The van der Waals surface area contributed by atoms with Crippen LogP contribution in [-0.4, -0.2) is 55.0 Å². The highest BCUT2D eigenvalue weighted by Gasteiger charge is 2.45. The molecular formula is C27H29N3O5S. The number of carbonyl (C=O) groups excluding carboxylic acids is 1. The Morgan fingerprint density at radius 1 is 1.08 bits per heavy atom. The average molecular weight is 508 g/mol. The Labute approximate surface area is 211 Å². The summed E-state index contributed by atoms with van der Waals surface area (Å²) in [7, 11) is -3.75. The fourth-order valence-corrected chi connectivity index (χ4v) is 6.45. The zero-order valence-electron chi connectivity index (χ0n) is 20.2. The third kappa shape index (κ3) is 4.78. The molecule has 0 atom stereocenters. The minimum Gasteiger partial charge on any atom is -0.377 e. The van der Waals surface area contributed by atoms with Gasteiger partial charge in [-0.25, -0.2) is 8.42 Å². The standard InChI is InChI=1S/C27H29N3O5S/c1-20(31)22-6-5-9-24(19-22)36(32,33)30-14-12-27(13-15-30,23-7-3-2-4-8-23)26-28-25(29-35-26)18-21-10-16-34-17-11-21/h2-10,19H,11-18H2,1H3. The van der Waals surface area contributed by atoms with E-state index in [2.05, 4.69) is 11.2 Å². The zero-order valence-corrected chi connectivity index (χ0v) is 21.0. The Kier molecular flexibility index (Phi) is 6.87. The molecular weight excluding hydrogens is 478 g/mol. The van der Waals surface area contributed by atoms with Gasteiger partial charge < -0.3 is 9.26 Å². The van der Waals surface area contributed by atoms with Crippen molar-refractivity contribution in [1.29, 1.82) is 0 Å². The van der Waals surface area contributed by atoms with E-state index in [0.717, 1.165) is 12.0 Å². The SMILES string of the molecule is CC(=O)c1cccc(S(=O)(=O)N2CCC(c3ccccc3)(c3nc(CC4=CCOCC4)no3)CC2)c1. The van der Waals surface area contributed by atoms with Gasteiger partial charge in [-0.3, -0.25) is 4.79 Å². The summed E-state index contributed by atoms with van der Waals surface area (Å²) >= 11 is 0. The van der Waals surface area contributed by atoms with Crippen molar-refractivity contribution in [3.63, 3.8) is 0 Å². The van der Waals surface area contributed by atoms with Crippen molar-refractivity contribution in [3.05, 3.63) is 89.1 Å². The van der Waals surface area contributed by atoms with E-state index in [9.17, 15) is 13.2 Å². The number of benzene rings is 2. The fourth-order valence-electron chi connectivity index (χ4n) is 4.97. The van der Waals surface area contributed by atoms with Crippen LogP contribution in [0.25, 0.3) is 0 Å². The highest BCUT2D eigenvalue weighted by atomic mass is 32.2. The molecule has 0 radical (unpaired) electrons. The molecule has 36 heavy (non-hydrogen) atoms. The molecule has 0 saturated carbocycles. The lowest BCUT2D eigenvalue weighted by molar-refractivity contribution is 0.101. The van der Waals surface area contributed by atoms with E-state index >= 15 is 0 Å². The first kappa shape index (κ1) is 24.5. The van der Waals surface area contributed by atoms with Gasteiger partial charge in [0, 0.05) is 25.1 Å². The van der Waals surface area contributed by atoms with Crippen LogP contribution in [0.3, 0.4) is 0 Å². The topological polar surface area (TPSA) is 103 Å². The van der Waals surface area contributed by atoms with E-state index in [1.807, 2.05) is 30.3 Å². The van der Waals surface area contributed by atoms with Crippen LogP contribution < -0.4 is 0 Å². The van der Waals surface area contributed by atoms with Crippen molar-refractivity contribution < 1.29 is 22.5 Å². The highest BCUT2D eigenvalue weighted by Crippen LogP contribution is 2.42. The molecule has 0 aliphatic carbocycles. The molecule has 9 heteroatoms. The van der Waals surface area contributed by atoms with Gasteiger partial charge in [-0.1, -0.05) is 59.3 Å². The summed E-state index contributed by atoms with van der Waals surface area (Å²) in [4.78, 5) is 16.7. The monoisotopic (exact) mass is 507 g/mol. The van der Waals surface area contributed by atoms with Gasteiger partial charge in [0.05, 0.1) is 23.5 Å². The van der Waals surface area contributed by atoms with Gasteiger partial charge in [0.2, 0.25) is 15.9 Å². The van der Waals surface area contributed by atoms with Crippen LogP contribution in [0.2, 0.25) is 0 Å². The lowest BCUT2D eigenvalue weighted by atomic mass is 9.73. The van der Waals surface area contributed by atoms with Crippen molar-refractivity contribution in [2.45, 2.75) is 42.9 Å². The molecule has 0 unspecified atom stereocenters. The Morgan fingerprint density at radius 3 is 2.56 bits per heavy atom. The molecule has 8 nitrogen and oxygen atoms in total. The number of nitrogens with zero attached hydrogens (tertiary/aromatic N) is 3. The quantitative estimate of drug-likeness (QED) is 0.353. The maximum atomic E-state index is 13.4. The van der Waals surface area contributed by atoms with Gasteiger partial charge in [0.1, 0.15) is 0 Å². The molecule has 1 aromatic heterocycles. The summed E-state index contributed by atoms with van der Waals surface area (Å²) in [5.74, 6) is 0.981. The molecule has 3 heterocycles. The average Bonchev–Trinajstić information content (AvgIpc) is 3.39. The number of ether oxygens (including phenoxy) is 1. The molecule has 2 aliphatic rings. The summed E-state index contributed by atoms with van der Waals surface area (Å²) < 4.78 is 39.5. The van der Waals surface area contributed by atoms with E-state index in [4.69, 9.17) is 14.2 Å². The van der Waals surface area contributed by atoms with Gasteiger partial charge in [-0.15, -0.1) is 0 Å². The highest BCUT2D eigenvalue weighted by molar-refractivity contribution is 7.89. The predicted molar refractivity (Wildman–Crippen MR) is 133 cm³/mol. The molecule has 0 spiro atoms. The maximum absolute atomic E-state index is 13.4. The van der Waals surface area contributed by atoms with Crippen LogP contribution in [0.1, 0.15) is 53.8 Å². The minimum atomic E-state index is -3.75. The predicted octanol–water partition coefficient (Wildman–Crippen LogP) is 3.93. The van der Waals surface area contributed by atoms with E-state index < -0.39 is 15.4 Å². The number of ketones is 1. The van der Waals surface area contributed by atoms with Crippen LogP contribution in [-0.2, 0) is 26.6 Å². The summed E-state index contributed by atoms with van der Waals surface area (Å²) in [6.45, 7) is 3.32. The first-order valence-corrected chi connectivity index (χ1v) is 13.6. The molecule has 0 N–H and O–H groups in total. The summed E-state index contributed by atoms with van der Waals surface area (Å²) in [5.41, 5.74) is 2.06. The van der Waals surface area contributed by atoms with Crippen molar-refractivity contribution >= 4 is 15.8 Å². The number of hydrogen-bond acceptors (Lipinski definition) is 7. The van der Waals surface area contributed by atoms with Gasteiger partial charge >= 0.3 is 0 Å². The van der Waals surface area contributed by atoms with Gasteiger partial charge in [-0.05, 0) is 43.9 Å². The largest absolute Gasteiger partial charge is 0.377 e. The van der Waals surface area contributed by atoms with Crippen LogP contribution in [0.15, 0.2) is 75.7 Å². The summed E-state index contributed by atoms with van der Waals surface area (Å²) in [6, 6.07) is 16.2. The molecule has 5 rings (SSSR count). The number of carbonyl (C=O) groups is 1. The van der Waals surface area contributed by atoms with Gasteiger partial charge in [-0.2, -0.15) is 9.29 Å². The van der Waals surface area contributed by atoms with Crippen molar-refractivity contribution in [3.8, 4) is 0 Å². The van der Waals surface area contributed by atoms with Crippen LogP contribution in [0.4, 0.5) is 0 Å². The van der Waals surface area contributed by atoms with Crippen molar-refractivity contribution in [1.82, 2.24) is 14.4 Å². The second kappa shape index (κ2) is 10.1. The number of aromatic nitrogens is 2. The second-order valence-electron chi connectivity index (χ2n) is 9.32. The molecule has 188 valence electrons. The molecule has 2 aliphatic heterocycles. The Balaban J connectivity index is 1.42. The normalized spacial score (nSPS) is 18.5. The molecule has 0 bridgehead atoms. The first-order chi connectivity index (χ1) is 17.4. The molecule has 1 saturated heterocycles. The Hall–Kier alpha value is -3.14. The smallest absolute Gasteiger partial charge is 0.243 e. The van der Waals surface area contributed by atoms with Crippen LogP contribution >= 0.6 is 0 Å². The molecule has 3 aromatic rings.